The summed E-state index contributed by atoms with van der Waals surface area (Å²) in [6.07, 6.45) is 4.12. The van der Waals surface area contributed by atoms with Crippen molar-refractivity contribution in [3.63, 3.8) is 0 Å². The van der Waals surface area contributed by atoms with Crippen LogP contribution in [0, 0.1) is 12.3 Å². The SMILES string of the molecule is Cc1ccnc(N2CCCC2(C)C)c1C(=N)N. The number of nitrogens with two attached hydrogens (primary N) is 1. The first-order valence-electron chi connectivity index (χ1n) is 6.01. The molecule has 0 aromatic carbocycles. The fourth-order valence-electron chi connectivity index (χ4n) is 2.58. The summed E-state index contributed by atoms with van der Waals surface area (Å²) in [5.74, 6) is 0.966. The molecule has 0 atom stereocenters. The molecule has 4 heteroatoms. The predicted molar refractivity (Wildman–Crippen MR) is 70.6 cm³/mol. The van der Waals surface area contributed by atoms with E-state index in [-0.39, 0.29) is 11.4 Å². The van der Waals surface area contributed by atoms with Gasteiger partial charge in [0.1, 0.15) is 11.7 Å². The van der Waals surface area contributed by atoms with Crippen LogP contribution in [0.5, 0.6) is 0 Å². The van der Waals surface area contributed by atoms with Crippen molar-refractivity contribution >= 4 is 11.7 Å². The highest BCUT2D eigenvalue weighted by Gasteiger charge is 2.34. The van der Waals surface area contributed by atoms with Crippen LogP contribution in [0.3, 0.4) is 0 Å². The van der Waals surface area contributed by atoms with E-state index in [4.69, 9.17) is 11.1 Å². The molecule has 1 aromatic heterocycles. The van der Waals surface area contributed by atoms with E-state index in [0.717, 1.165) is 29.9 Å². The summed E-state index contributed by atoms with van der Waals surface area (Å²) in [5.41, 5.74) is 7.59. The quantitative estimate of drug-likeness (QED) is 0.606. The van der Waals surface area contributed by atoms with Crippen molar-refractivity contribution in [1.82, 2.24) is 4.98 Å². The summed E-state index contributed by atoms with van der Waals surface area (Å²) < 4.78 is 0. The summed E-state index contributed by atoms with van der Waals surface area (Å²) in [5, 5.41) is 7.72. The second kappa shape index (κ2) is 4.02. The number of nitrogen functional groups attached to an aromatic ring is 1. The maximum atomic E-state index is 7.72. The molecule has 17 heavy (non-hydrogen) atoms. The van der Waals surface area contributed by atoms with Gasteiger partial charge in [-0.2, -0.15) is 0 Å². The molecule has 0 amide bonds. The van der Waals surface area contributed by atoms with Gasteiger partial charge in [0.2, 0.25) is 0 Å². The van der Waals surface area contributed by atoms with Crippen molar-refractivity contribution in [2.75, 3.05) is 11.4 Å². The van der Waals surface area contributed by atoms with Crippen LogP contribution in [-0.4, -0.2) is 22.9 Å². The van der Waals surface area contributed by atoms with Crippen LogP contribution < -0.4 is 10.6 Å². The Morgan fingerprint density at radius 1 is 1.53 bits per heavy atom. The van der Waals surface area contributed by atoms with Crippen molar-refractivity contribution in [3.8, 4) is 0 Å². The van der Waals surface area contributed by atoms with Gasteiger partial charge in [-0.25, -0.2) is 4.98 Å². The van der Waals surface area contributed by atoms with Crippen molar-refractivity contribution in [3.05, 3.63) is 23.4 Å². The minimum absolute atomic E-state index is 0.102. The molecule has 0 unspecified atom stereocenters. The van der Waals surface area contributed by atoms with Crippen LogP contribution in [0.15, 0.2) is 12.3 Å². The van der Waals surface area contributed by atoms with Crippen LogP contribution >= 0.6 is 0 Å². The fraction of sp³-hybridized carbons (Fsp3) is 0.538. The first kappa shape index (κ1) is 11.9. The Balaban J connectivity index is 2.52. The monoisotopic (exact) mass is 232 g/mol. The highest BCUT2D eigenvalue weighted by Crippen LogP contribution is 2.34. The van der Waals surface area contributed by atoms with Gasteiger partial charge in [-0.1, -0.05) is 0 Å². The Hall–Kier alpha value is -1.58. The summed E-state index contributed by atoms with van der Waals surface area (Å²) in [7, 11) is 0. The lowest BCUT2D eigenvalue weighted by molar-refractivity contribution is 0.514. The largest absolute Gasteiger partial charge is 0.384 e. The predicted octanol–water partition coefficient (Wildman–Crippen LogP) is 2.05. The zero-order valence-electron chi connectivity index (χ0n) is 10.7. The fourth-order valence-corrected chi connectivity index (χ4v) is 2.58. The second-order valence-electron chi connectivity index (χ2n) is 5.31. The number of aromatic nitrogens is 1. The van der Waals surface area contributed by atoms with Crippen LogP contribution in [0.4, 0.5) is 5.82 Å². The van der Waals surface area contributed by atoms with E-state index in [0.29, 0.717) is 0 Å². The van der Waals surface area contributed by atoms with Crippen molar-refractivity contribution in [1.29, 1.82) is 5.41 Å². The third kappa shape index (κ3) is 1.99. The third-order valence-corrected chi connectivity index (χ3v) is 3.57. The van der Waals surface area contributed by atoms with Crippen LogP contribution in [0.25, 0.3) is 0 Å². The van der Waals surface area contributed by atoms with Gasteiger partial charge in [0.05, 0.1) is 5.56 Å². The molecule has 0 aliphatic carbocycles. The summed E-state index contributed by atoms with van der Waals surface area (Å²) in [6, 6.07) is 1.91. The molecule has 92 valence electrons. The average Bonchev–Trinajstić information content (AvgIpc) is 2.57. The Labute approximate surface area is 102 Å². The third-order valence-electron chi connectivity index (χ3n) is 3.57. The summed E-state index contributed by atoms with van der Waals surface area (Å²) >= 11 is 0. The molecular weight excluding hydrogens is 212 g/mol. The number of nitrogens with zero attached hydrogens (tertiary/aromatic N) is 2. The molecule has 2 rings (SSSR count). The highest BCUT2D eigenvalue weighted by atomic mass is 15.3. The standard InChI is InChI=1S/C13H20N4/c1-9-5-7-16-12(10(9)11(14)15)17-8-4-6-13(17,2)3/h5,7H,4,6,8H2,1-3H3,(H3,14,15). The smallest absolute Gasteiger partial charge is 0.140 e. The Morgan fingerprint density at radius 3 is 2.76 bits per heavy atom. The number of rotatable bonds is 2. The van der Waals surface area contributed by atoms with Crippen molar-refractivity contribution < 1.29 is 0 Å². The van der Waals surface area contributed by atoms with Crippen molar-refractivity contribution in [2.24, 2.45) is 5.73 Å². The molecule has 1 aliphatic rings. The Bertz CT molecular complexity index is 451. The Morgan fingerprint density at radius 2 is 2.24 bits per heavy atom. The maximum Gasteiger partial charge on any atom is 0.140 e. The summed E-state index contributed by atoms with van der Waals surface area (Å²) in [4.78, 5) is 6.72. The maximum absolute atomic E-state index is 7.72. The molecule has 2 heterocycles. The van der Waals surface area contributed by atoms with E-state index >= 15 is 0 Å². The lowest BCUT2D eigenvalue weighted by atomic mass is 10.0. The van der Waals surface area contributed by atoms with E-state index in [9.17, 15) is 0 Å². The van der Waals surface area contributed by atoms with Crippen LogP contribution in [0.2, 0.25) is 0 Å². The van der Waals surface area contributed by atoms with Gasteiger partial charge in [0, 0.05) is 18.3 Å². The molecule has 4 nitrogen and oxygen atoms in total. The van der Waals surface area contributed by atoms with Gasteiger partial charge < -0.3 is 10.6 Å². The minimum Gasteiger partial charge on any atom is -0.384 e. The number of amidine groups is 1. The number of anilines is 1. The van der Waals surface area contributed by atoms with Gasteiger partial charge in [-0.05, 0) is 45.2 Å². The molecule has 0 radical (unpaired) electrons. The first-order valence-corrected chi connectivity index (χ1v) is 6.01. The molecule has 3 N–H and O–H groups in total. The van der Waals surface area contributed by atoms with E-state index in [1.54, 1.807) is 6.20 Å². The minimum atomic E-state index is 0.102. The van der Waals surface area contributed by atoms with Gasteiger partial charge in [0.25, 0.3) is 0 Å². The zero-order chi connectivity index (χ0) is 12.6. The van der Waals surface area contributed by atoms with Crippen molar-refractivity contribution in [2.45, 2.75) is 39.2 Å². The van der Waals surface area contributed by atoms with Gasteiger partial charge in [-0.3, -0.25) is 5.41 Å². The molecule has 1 aliphatic heterocycles. The summed E-state index contributed by atoms with van der Waals surface area (Å²) in [6.45, 7) is 7.40. The molecule has 0 bridgehead atoms. The number of hydrogen-bond donors (Lipinski definition) is 2. The molecule has 1 fully saturated rings. The first-order chi connectivity index (χ1) is 7.93. The average molecular weight is 232 g/mol. The number of pyridine rings is 1. The number of nitrogens with one attached hydrogen (secondary N) is 1. The molecule has 1 aromatic rings. The second-order valence-corrected chi connectivity index (χ2v) is 5.31. The number of hydrogen-bond acceptors (Lipinski definition) is 3. The molecule has 0 spiro atoms. The topological polar surface area (TPSA) is 66.0 Å². The normalized spacial score (nSPS) is 18.4. The zero-order valence-corrected chi connectivity index (χ0v) is 10.7. The van der Waals surface area contributed by atoms with E-state index in [2.05, 4.69) is 23.7 Å². The molecule has 1 saturated heterocycles. The van der Waals surface area contributed by atoms with Gasteiger partial charge in [0.15, 0.2) is 0 Å². The highest BCUT2D eigenvalue weighted by molar-refractivity contribution is 6.01. The van der Waals surface area contributed by atoms with Gasteiger partial charge >= 0.3 is 0 Å². The lowest BCUT2D eigenvalue weighted by Crippen LogP contribution is -2.40. The van der Waals surface area contributed by atoms with Crippen LogP contribution in [0.1, 0.15) is 37.8 Å². The van der Waals surface area contributed by atoms with E-state index in [1.165, 1.54) is 6.42 Å². The van der Waals surface area contributed by atoms with E-state index in [1.807, 2.05) is 13.0 Å². The van der Waals surface area contributed by atoms with Crippen LogP contribution in [-0.2, 0) is 0 Å². The lowest BCUT2D eigenvalue weighted by Gasteiger charge is -2.34. The van der Waals surface area contributed by atoms with Gasteiger partial charge in [-0.15, -0.1) is 0 Å². The molecule has 0 saturated carbocycles. The number of aryl methyl sites for hydroxylation is 1. The molecular formula is C13H20N4. The van der Waals surface area contributed by atoms with E-state index < -0.39 is 0 Å². The Kier molecular flexibility index (Phi) is 2.81.